The van der Waals surface area contributed by atoms with E-state index < -0.39 is 10.0 Å². The third kappa shape index (κ3) is 5.86. The lowest BCUT2D eigenvalue weighted by Crippen LogP contribution is -2.25. The molecule has 0 spiro atoms. The minimum absolute atomic E-state index is 0.103. The third-order valence-corrected chi connectivity index (χ3v) is 5.21. The summed E-state index contributed by atoms with van der Waals surface area (Å²) in [5.74, 6) is 1.35. The van der Waals surface area contributed by atoms with E-state index in [-0.39, 0.29) is 17.3 Å². The summed E-state index contributed by atoms with van der Waals surface area (Å²) < 4.78 is 32.2. The Morgan fingerprint density at radius 3 is 2.67 bits per heavy atom. The molecule has 120 valence electrons. The fraction of sp³-hybridized carbons (Fsp3) is 0.571. The van der Waals surface area contributed by atoms with Gasteiger partial charge >= 0.3 is 0 Å². The van der Waals surface area contributed by atoms with Gasteiger partial charge in [0.05, 0.1) is 13.7 Å². The number of ether oxygens (including phenoxy) is 1. The Hall–Kier alpha value is -0.760. The predicted molar refractivity (Wildman–Crippen MR) is 86.3 cm³/mol. The highest BCUT2D eigenvalue weighted by Gasteiger charge is 2.19. The van der Waals surface area contributed by atoms with E-state index in [4.69, 9.17) is 9.84 Å². The van der Waals surface area contributed by atoms with E-state index in [0.717, 1.165) is 25.0 Å². The third-order valence-electron chi connectivity index (χ3n) is 3.02. The Morgan fingerprint density at radius 1 is 1.29 bits per heavy atom. The van der Waals surface area contributed by atoms with E-state index in [1.165, 1.54) is 19.2 Å². The molecule has 1 aromatic rings. The van der Waals surface area contributed by atoms with Gasteiger partial charge in [-0.2, -0.15) is 11.8 Å². The summed E-state index contributed by atoms with van der Waals surface area (Å²) in [7, 11) is -2.17. The molecule has 0 atom stereocenters. The SMILES string of the molecule is COc1cc(CO)ccc1S(=O)(=O)NCCCCCSC. The number of unbranched alkanes of at least 4 members (excludes halogenated alkanes) is 2. The zero-order valence-corrected chi connectivity index (χ0v) is 14.1. The first-order valence-electron chi connectivity index (χ1n) is 6.81. The standard InChI is InChI=1S/C14H23NO4S2/c1-19-13-10-12(11-16)6-7-14(13)21(17,18)15-8-4-3-5-9-20-2/h6-7,10,15-16H,3-5,8-9,11H2,1-2H3. The minimum atomic E-state index is -3.58. The minimum Gasteiger partial charge on any atom is -0.495 e. The van der Waals surface area contributed by atoms with Crippen LogP contribution in [-0.4, -0.2) is 39.2 Å². The van der Waals surface area contributed by atoms with E-state index in [1.54, 1.807) is 17.8 Å². The maximum atomic E-state index is 12.2. The molecule has 5 nitrogen and oxygen atoms in total. The molecule has 0 saturated carbocycles. The molecule has 0 unspecified atom stereocenters. The first-order valence-corrected chi connectivity index (χ1v) is 9.69. The summed E-state index contributed by atoms with van der Waals surface area (Å²) in [6, 6.07) is 4.57. The fourth-order valence-corrected chi connectivity index (χ4v) is 3.58. The van der Waals surface area contributed by atoms with E-state index in [9.17, 15) is 8.42 Å². The van der Waals surface area contributed by atoms with Crippen LogP contribution >= 0.6 is 11.8 Å². The molecule has 7 heteroatoms. The van der Waals surface area contributed by atoms with Crippen molar-refractivity contribution in [2.75, 3.05) is 25.7 Å². The first-order chi connectivity index (χ1) is 10.0. The van der Waals surface area contributed by atoms with Crippen LogP contribution in [0.15, 0.2) is 23.1 Å². The van der Waals surface area contributed by atoms with Gasteiger partial charge in [-0.05, 0) is 42.5 Å². The van der Waals surface area contributed by atoms with Crippen molar-refractivity contribution in [2.45, 2.75) is 30.8 Å². The van der Waals surface area contributed by atoms with Crippen LogP contribution in [0.2, 0.25) is 0 Å². The summed E-state index contributed by atoms with van der Waals surface area (Å²) in [5.41, 5.74) is 0.614. The number of aliphatic hydroxyl groups is 1. The van der Waals surface area contributed by atoms with Gasteiger partial charge in [0.2, 0.25) is 10.0 Å². The number of rotatable bonds is 10. The first kappa shape index (κ1) is 18.3. The number of thioether (sulfide) groups is 1. The maximum Gasteiger partial charge on any atom is 0.244 e. The second-order valence-corrected chi connectivity index (χ2v) is 7.32. The topological polar surface area (TPSA) is 75.6 Å². The molecule has 2 N–H and O–H groups in total. The van der Waals surface area contributed by atoms with Gasteiger partial charge in [-0.25, -0.2) is 13.1 Å². The Labute approximate surface area is 131 Å². The number of aliphatic hydroxyl groups excluding tert-OH is 1. The quantitative estimate of drug-likeness (QED) is 0.641. The van der Waals surface area contributed by atoms with E-state index in [1.807, 2.05) is 0 Å². The van der Waals surface area contributed by atoms with Crippen molar-refractivity contribution in [3.63, 3.8) is 0 Å². The molecule has 1 rings (SSSR count). The lowest BCUT2D eigenvalue weighted by atomic mass is 10.2. The number of hydrogen-bond acceptors (Lipinski definition) is 5. The maximum absolute atomic E-state index is 12.2. The average Bonchev–Trinajstić information content (AvgIpc) is 2.50. The van der Waals surface area contributed by atoms with Crippen LogP contribution < -0.4 is 9.46 Å². The fourth-order valence-electron chi connectivity index (χ4n) is 1.86. The second kappa shape index (κ2) is 9.30. The lowest BCUT2D eigenvalue weighted by Gasteiger charge is -2.11. The van der Waals surface area contributed by atoms with Gasteiger partial charge in [0.25, 0.3) is 0 Å². The monoisotopic (exact) mass is 333 g/mol. The van der Waals surface area contributed by atoms with Crippen molar-refractivity contribution >= 4 is 21.8 Å². The lowest BCUT2D eigenvalue weighted by molar-refractivity contribution is 0.280. The number of benzene rings is 1. The Kier molecular flexibility index (Phi) is 8.10. The molecule has 0 aliphatic heterocycles. The van der Waals surface area contributed by atoms with Crippen molar-refractivity contribution in [1.29, 1.82) is 0 Å². The summed E-state index contributed by atoms with van der Waals surface area (Å²) >= 11 is 1.79. The highest BCUT2D eigenvalue weighted by atomic mass is 32.2. The molecule has 0 radical (unpaired) electrons. The van der Waals surface area contributed by atoms with Crippen molar-refractivity contribution in [2.24, 2.45) is 0 Å². The number of hydrogen-bond donors (Lipinski definition) is 2. The number of methoxy groups -OCH3 is 1. The molecule has 0 aliphatic carbocycles. The number of nitrogens with one attached hydrogen (secondary N) is 1. The van der Waals surface area contributed by atoms with Crippen LogP contribution in [-0.2, 0) is 16.6 Å². The molecule has 0 amide bonds. The molecule has 1 aromatic carbocycles. The summed E-state index contributed by atoms with van der Waals surface area (Å²) in [6.07, 6.45) is 4.98. The highest BCUT2D eigenvalue weighted by molar-refractivity contribution is 7.98. The Balaban J connectivity index is 2.65. The molecule has 0 saturated heterocycles. The summed E-state index contributed by atoms with van der Waals surface area (Å²) in [5, 5.41) is 9.07. The second-order valence-electron chi connectivity index (χ2n) is 4.59. The Bertz CT molecular complexity index is 532. The highest BCUT2D eigenvalue weighted by Crippen LogP contribution is 2.24. The van der Waals surface area contributed by atoms with E-state index >= 15 is 0 Å². The van der Waals surface area contributed by atoms with Crippen LogP contribution in [0.1, 0.15) is 24.8 Å². The molecular formula is C14H23NO4S2. The van der Waals surface area contributed by atoms with Crippen LogP contribution in [0.3, 0.4) is 0 Å². The van der Waals surface area contributed by atoms with Gasteiger partial charge in [-0.1, -0.05) is 12.5 Å². The summed E-state index contributed by atoms with van der Waals surface area (Å²) in [4.78, 5) is 0.103. The van der Waals surface area contributed by atoms with Crippen molar-refractivity contribution in [1.82, 2.24) is 4.72 Å². The smallest absolute Gasteiger partial charge is 0.244 e. The van der Waals surface area contributed by atoms with Gasteiger partial charge < -0.3 is 9.84 Å². The molecule has 0 aromatic heterocycles. The normalized spacial score (nSPS) is 11.6. The molecule has 0 fully saturated rings. The molecular weight excluding hydrogens is 310 g/mol. The molecule has 0 heterocycles. The molecule has 0 bridgehead atoms. The summed E-state index contributed by atoms with van der Waals surface area (Å²) in [6.45, 7) is 0.265. The zero-order valence-electron chi connectivity index (χ0n) is 12.5. The van der Waals surface area contributed by atoms with Crippen molar-refractivity contribution in [3.8, 4) is 5.75 Å². The van der Waals surface area contributed by atoms with Crippen LogP contribution in [0.4, 0.5) is 0 Å². The van der Waals surface area contributed by atoms with Gasteiger partial charge in [0, 0.05) is 6.54 Å². The van der Waals surface area contributed by atoms with Crippen molar-refractivity contribution in [3.05, 3.63) is 23.8 Å². The van der Waals surface area contributed by atoms with E-state index in [0.29, 0.717) is 12.1 Å². The molecule has 0 aliphatic rings. The van der Waals surface area contributed by atoms with Crippen molar-refractivity contribution < 1.29 is 18.3 Å². The van der Waals surface area contributed by atoms with Crippen LogP contribution in [0.5, 0.6) is 5.75 Å². The predicted octanol–water partition coefficient (Wildman–Crippen LogP) is 2.00. The van der Waals surface area contributed by atoms with Gasteiger partial charge in [-0.3, -0.25) is 0 Å². The number of sulfonamides is 1. The van der Waals surface area contributed by atoms with Gasteiger partial charge in [0.15, 0.2) is 0 Å². The van der Waals surface area contributed by atoms with E-state index in [2.05, 4.69) is 11.0 Å². The van der Waals surface area contributed by atoms with Gasteiger partial charge in [0.1, 0.15) is 10.6 Å². The van der Waals surface area contributed by atoms with Gasteiger partial charge in [-0.15, -0.1) is 0 Å². The largest absolute Gasteiger partial charge is 0.495 e. The molecule has 21 heavy (non-hydrogen) atoms. The van der Waals surface area contributed by atoms with Crippen LogP contribution in [0.25, 0.3) is 0 Å². The van der Waals surface area contributed by atoms with Crippen LogP contribution in [0, 0.1) is 0 Å². The zero-order chi connectivity index (χ0) is 15.7. The Morgan fingerprint density at radius 2 is 2.05 bits per heavy atom. The average molecular weight is 333 g/mol.